The van der Waals surface area contributed by atoms with Gasteiger partial charge in [-0.1, -0.05) is 35.1 Å². The monoisotopic (exact) mass is 526 g/mol. The van der Waals surface area contributed by atoms with Crippen molar-refractivity contribution >= 4 is 65.6 Å². The van der Waals surface area contributed by atoms with E-state index in [-0.39, 0.29) is 16.7 Å². The SMILES string of the molecule is Cc1cccc2sc(N(CCN(C)C)C(=O)C3CCCN(S(=O)(=O)c4ccc(Cl)s4)C3)nc12. The average Bonchev–Trinajstić information content (AvgIpc) is 3.41. The van der Waals surface area contributed by atoms with Gasteiger partial charge < -0.3 is 4.90 Å². The van der Waals surface area contributed by atoms with Crippen LogP contribution >= 0.6 is 34.3 Å². The molecule has 0 spiro atoms. The van der Waals surface area contributed by atoms with Crippen molar-refractivity contribution < 1.29 is 13.2 Å². The molecule has 4 rings (SSSR count). The maximum absolute atomic E-state index is 13.7. The van der Waals surface area contributed by atoms with Crippen LogP contribution in [-0.4, -0.2) is 68.8 Å². The summed E-state index contributed by atoms with van der Waals surface area (Å²) < 4.78 is 29.3. The number of anilines is 1. The first-order valence-electron chi connectivity index (χ1n) is 10.7. The van der Waals surface area contributed by atoms with Crippen LogP contribution in [0.3, 0.4) is 0 Å². The topological polar surface area (TPSA) is 73.8 Å². The molecule has 3 aromatic rings. The van der Waals surface area contributed by atoms with E-state index < -0.39 is 15.9 Å². The average molecular weight is 527 g/mol. The molecule has 3 heterocycles. The number of hydrogen-bond donors (Lipinski definition) is 0. The summed E-state index contributed by atoms with van der Waals surface area (Å²) in [6.07, 6.45) is 1.29. The number of thiazole rings is 1. The number of carbonyl (C=O) groups excluding carboxylic acids is 1. The van der Waals surface area contributed by atoms with E-state index in [1.54, 1.807) is 11.0 Å². The zero-order valence-corrected chi connectivity index (χ0v) is 22.0. The van der Waals surface area contributed by atoms with Gasteiger partial charge in [0.05, 0.1) is 20.5 Å². The number of hydrogen-bond acceptors (Lipinski definition) is 7. The molecule has 11 heteroatoms. The van der Waals surface area contributed by atoms with Crippen molar-refractivity contribution in [3.8, 4) is 0 Å². The quantitative estimate of drug-likeness (QED) is 0.458. The number of benzene rings is 1. The van der Waals surface area contributed by atoms with E-state index in [0.29, 0.717) is 41.9 Å². The largest absolute Gasteiger partial charge is 0.308 e. The lowest BCUT2D eigenvalue weighted by Crippen LogP contribution is -2.48. The van der Waals surface area contributed by atoms with Gasteiger partial charge in [0.2, 0.25) is 5.91 Å². The maximum atomic E-state index is 13.7. The molecule has 1 aliphatic rings. The molecular weight excluding hydrogens is 500 g/mol. The van der Waals surface area contributed by atoms with Gasteiger partial charge in [-0.25, -0.2) is 13.4 Å². The van der Waals surface area contributed by atoms with Crippen molar-refractivity contribution in [1.82, 2.24) is 14.2 Å². The molecule has 1 fully saturated rings. The molecule has 0 bridgehead atoms. The number of aromatic nitrogens is 1. The van der Waals surface area contributed by atoms with E-state index in [1.165, 1.54) is 21.7 Å². The Morgan fingerprint density at radius 3 is 2.67 bits per heavy atom. The van der Waals surface area contributed by atoms with Crippen molar-refractivity contribution in [2.75, 3.05) is 45.2 Å². The Hall–Kier alpha value is -1.56. The van der Waals surface area contributed by atoms with E-state index in [2.05, 4.69) is 0 Å². The second kappa shape index (κ2) is 9.97. The Morgan fingerprint density at radius 1 is 1.21 bits per heavy atom. The molecular formula is C22H27ClN4O3S3. The van der Waals surface area contributed by atoms with Gasteiger partial charge in [-0.2, -0.15) is 4.31 Å². The first-order valence-corrected chi connectivity index (χ1v) is 14.2. The fourth-order valence-corrected chi connectivity index (χ4v) is 8.17. The highest BCUT2D eigenvalue weighted by molar-refractivity contribution is 7.91. The molecule has 1 unspecified atom stereocenters. The van der Waals surface area contributed by atoms with Crippen molar-refractivity contribution in [3.05, 3.63) is 40.2 Å². The third kappa shape index (κ3) is 5.26. The summed E-state index contributed by atoms with van der Waals surface area (Å²) in [4.78, 5) is 22.3. The number of sulfonamides is 1. The summed E-state index contributed by atoms with van der Waals surface area (Å²) in [6, 6.07) is 9.13. The van der Waals surface area contributed by atoms with Gasteiger partial charge in [0, 0.05) is 26.2 Å². The summed E-state index contributed by atoms with van der Waals surface area (Å²) in [7, 11) is 0.255. The number of amides is 1. The Morgan fingerprint density at radius 2 is 2.00 bits per heavy atom. The van der Waals surface area contributed by atoms with Crippen LogP contribution in [0.15, 0.2) is 34.5 Å². The van der Waals surface area contributed by atoms with E-state index in [9.17, 15) is 13.2 Å². The van der Waals surface area contributed by atoms with E-state index in [0.717, 1.165) is 27.1 Å². The van der Waals surface area contributed by atoms with Crippen LogP contribution in [-0.2, 0) is 14.8 Å². The zero-order valence-electron chi connectivity index (χ0n) is 18.8. The van der Waals surface area contributed by atoms with Gasteiger partial charge in [-0.3, -0.25) is 9.69 Å². The zero-order chi connectivity index (χ0) is 23.8. The van der Waals surface area contributed by atoms with Gasteiger partial charge in [0.1, 0.15) is 4.21 Å². The third-order valence-electron chi connectivity index (χ3n) is 5.75. The number of aryl methyl sites for hydroxylation is 1. The van der Waals surface area contributed by atoms with Crippen LogP contribution in [0.4, 0.5) is 5.13 Å². The summed E-state index contributed by atoms with van der Waals surface area (Å²) in [5, 5.41) is 0.663. The highest BCUT2D eigenvalue weighted by atomic mass is 35.5. The fraction of sp³-hybridized carbons (Fsp3) is 0.455. The van der Waals surface area contributed by atoms with Crippen molar-refractivity contribution in [1.29, 1.82) is 0 Å². The van der Waals surface area contributed by atoms with Crippen LogP contribution in [0.1, 0.15) is 18.4 Å². The number of para-hydroxylation sites is 1. The Balaban J connectivity index is 1.60. The first kappa shape index (κ1) is 24.6. The first-order chi connectivity index (χ1) is 15.7. The molecule has 1 saturated heterocycles. The predicted octanol–water partition coefficient (Wildman–Crippen LogP) is 4.32. The minimum absolute atomic E-state index is 0.0716. The molecule has 1 atom stereocenters. The Bertz CT molecular complexity index is 1250. The van der Waals surface area contributed by atoms with Gasteiger partial charge in [-0.15, -0.1) is 11.3 Å². The van der Waals surface area contributed by atoms with E-state index >= 15 is 0 Å². The third-order valence-corrected chi connectivity index (χ3v) is 10.4. The molecule has 1 aliphatic heterocycles. The molecule has 1 amide bonds. The lowest BCUT2D eigenvalue weighted by molar-refractivity contribution is -0.123. The van der Waals surface area contributed by atoms with Crippen molar-refractivity contribution in [2.45, 2.75) is 24.0 Å². The second-order valence-corrected chi connectivity index (χ2v) is 13.4. The van der Waals surface area contributed by atoms with Crippen LogP contribution in [0, 0.1) is 12.8 Å². The lowest BCUT2D eigenvalue weighted by atomic mass is 9.98. The Labute approximate surface area is 207 Å². The van der Waals surface area contributed by atoms with Crippen LogP contribution < -0.4 is 4.90 Å². The van der Waals surface area contributed by atoms with Crippen LogP contribution in [0.25, 0.3) is 10.2 Å². The highest BCUT2D eigenvalue weighted by Crippen LogP contribution is 2.34. The lowest BCUT2D eigenvalue weighted by Gasteiger charge is -2.33. The standard InChI is InChI=1S/C22H27ClN4O3S3/c1-15-6-4-8-17-20(15)24-22(31-17)27(13-12-25(2)3)21(28)16-7-5-11-26(14-16)33(29,30)19-10-9-18(23)32-19/h4,6,8-10,16H,5,7,11-14H2,1-3H3. The molecule has 1 aromatic carbocycles. The molecule has 0 saturated carbocycles. The minimum atomic E-state index is -3.67. The number of carbonyl (C=O) groups is 1. The highest BCUT2D eigenvalue weighted by Gasteiger charge is 2.36. The normalized spacial score (nSPS) is 17.7. The summed E-state index contributed by atoms with van der Waals surface area (Å²) in [5.41, 5.74) is 1.97. The summed E-state index contributed by atoms with van der Waals surface area (Å²) >= 11 is 8.51. The molecule has 178 valence electrons. The molecule has 0 radical (unpaired) electrons. The number of fused-ring (bicyclic) bond motifs is 1. The second-order valence-electron chi connectivity index (χ2n) is 8.47. The van der Waals surface area contributed by atoms with Gasteiger partial charge in [-0.05, 0) is 57.6 Å². The van der Waals surface area contributed by atoms with E-state index in [1.807, 2.05) is 44.1 Å². The maximum Gasteiger partial charge on any atom is 0.252 e. The number of thiophene rings is 1. The molecule has 0 aliphatic carbocycles. The smallest absolute Gasteiger partial charge is 0.252 e. The number of nitrogens with zero attached hydrogens (tertiary/aromatic N) is 4. The van der Waals surface area contributed by atoms with Crippen LogP contribution in [0.5, 0.6) is 0 Å². The number of halogens is 1. The van der Waals surface area contributed by atoms with E-state index in [4.69, 9.17) is 16.6 Å². The minimum Gasteiger partial charge on any atom is -0.308 e. The van der Waals surface area contributed by atoms with Gasteiger partial charge in [0.25, 0.3) is 10.0 Å². The number of likely N-dealkylation sites (N-methyl/N-ethyl adjacent to an activating group) is 1. The fourth-order valence-electron chi connectivity index (χ4n) is 3.94. The Kier molecular flexibility index (Phi) is 7.42. The molecule has 33 heavy (non-hydrogen) atoms. The molecule has 7 nitrogen and oxygen atoms in total. The van der Waals surface area contributed by atoms with Crippen LogP contribution in [0.2, 0.25) is 4.34 Å². The number of rotatable bonds is 7. The molecule has 0 N–H and O–H groups in total. The van der Waals surface area contributed by atoms with Crippen molar-refractivity contribution in [3.63, 3.8) is 0 Å². The predicted molar refractivity (Wildman–Crippen MR) is 136 cm³/mol. The number of piperidine rings is 1. The van der Waals surface area contributed by atoms with Crippen molar-refractivity contribution in [2.24, 2.45) is 5.92 Å². The summed E-state index contributed by atoms with van der Waals surface area (Å²) in [5.74, 6) is -0.489. The summed E-state index contributed by atoms with van der Waals surface area (Å²) in [6.45, 7) is 3.76. The van der Waals surface area contributed by atoms with Gasteiger partial charge >= 0.3 is 0 Å². The molecule has 2 aromatic heterocycles. The van der Waals surface area contributed by atoms with Gasteiger partial charge in [0.15, 0.2) is 5.13 Å².